The average Bonchev–Trinajstić information content (AvgIpc) is 3.54. The van der Waals surface area contributed by atoms with Crippen LogP contribution in [0, 0.1) is 36.5 Å². The number of thiocarbonyl (C=S) groups is 2. The van der Waals surface area contributed by atoms with Gasteiger partial charge in [-0.1, -0.05) is 25.1 Å². The van der Waals surface area contributed by atoms with Crippen molar-refractivity contribution >= 4 is 97.9 Å². The zero-order valence-electron chi connectivity index (χ0n) is 34.8. The zero-order chi connectivity index (χ0) is 47.6. The zero-order valence-corrected chi connectivity index (χ0v) is 37.2. The summed E-state index contributed by atoms with van der Waals surface area (Å²) in [7, 11) is 0. The third-order valence-electron chi connectivity index (χ3n) is 10.5. The van der Waals surface area contributed by atoms with Crippen LogP contribution in [0.5, 0.6) is 0 Å². The number of aromatic nitrogens is 6. The summed E-state index contributed by atoms with van der Waals surface area (Å²) in [5, 5.41) is 9.15. The first-order valence-electron chi connectivity index (χ1n) is 19.1. The van der Waals surface area contributed by atoms with Gasteiger partial charge in [-0.3, -0.25) is 37.8 Å². The summed E-state index contributed by atoms with van der Waals surface area (Å²) >= 11 is 17.2. The van der Waals surface area contributed by atoms with Crippen LogP contribution in [0.15, 0.2) is 70.8 Å². The van der Waals surface area contributed by atoms with Gasteiger partial charge in [0.15, 0.2) is 38.8 Å². The maximum Gasteiger partial charge on any atom is 0.280 e. The number of carbonyl (C=O) groups excluding carboxylic acids is 2. The molecule has 0 N–H and O–H groups in total. The Kier molecular flexibility index (Phi) is 11.7. The van der Waals surface area contributed by atoms with Crippen LogP contribution in [-0.4, -0.2) is 61.9 Å². The molecule has 6 aromatic rings. The van der Waals surface area contributed by atoms with E-state index in [1.807, 2.05) is 13.0 Å². The summed E-state index contributed by atoms with van der Waals surface area (Å²) in [6.45, 7) is 17.0. The van der Waals surface area contributed by atoms with E-state index in [1.165, 1.54) is 62.6 Å². The Bertz CT molecular complexity index is 3300. The lowest BCUT2D eigenvalue weighted by molar-refractivity contribution is -0.121. The third-order valence-corrected chi connectivity index (χ3v) is 11.5. The Labute approximate surface area is 381 Å². The molecule has 0 radical (unpaired) electrons. The van der Waals surface area contributed by atoms with Gasteiger partial charge in [-0.2, -0.15) is 5.26 Å². The van der Waals surface area contributed by atoms with Crippen LogP contribution in [0.2, 0.25) is 5.02 Å². The molecule has 8 rings (SSSR count). The number of alkyl halides is 2. The molecule has 2 aliphatic rings. The van der Waals surface area contributed by atoms with Crippen molar-refractivity contribution in [1.82, 2.24) is 28.7 Å². The number of nitrogens with zero attached hydrogens (tertiary/aromatic N) is 12. The van der Waals surface area contributed by atoms with Gasteiger partial charge >= 0.3 is 0 Å². The fraction of sp³-hybridized carbons (Fsp3) is 0.238. The first-order chi connectivity index (χ1) is 30.6. The molecule has 23 heteroatoms. The Morgan fingerprint density at radius 1 is 0.785 bits per heavy atom. The standard InChI is InChI=1S/C21H16ClFN6O2S.C21H15F3N6O2S/c1-4-11-5-17(30)27-10-13(7-15(23)18(27)26-11)29-20(32)28(19(31)21(29,2)3)12-6-14(22)16(8-24)25-9-12;1-10-5-11(8-26-17(10)25-4)29-19(32)21(2,3)30(20(29)33)12-6-13(22)18-27-14(16(23)24)7-15(31)28(18)9-12/h5-7,9-10H,4H2,1-3H3;5-9,16H,1-3H3. The highest BCUT2D eigenvalue weighted by atomic mass is 35.5. The predicted octanol–water partition coefficient (Wildman–Crippen LogP) is 7.17. The molecule has 6 aromatic heterocycles. The van der Waals surface area contributed by atoms with Gasteiger partial charge < -0.3 is 14.6 Å². The highest BCUT2D eigenvalue weighted by molar-refractivity contribution is 7.81. The van der Waals surface area contributed by atoms with Crippen molar-refractivity contribution in [2.24, 2.45) is 0 Å². The van der Waals surface area contributed by atoms with Crippen LogP contribution in [0.1, 0.15) is 63.7 Å². The molecule has 0 saturated carbocycles. The minimum atomic E-state index is -3.04. The van der Waals surface area contributed by atoms with Gasteiger partial charge in [0.05, 0.1) is 34.0 Å². The molecular formula is C42H31ClF4N12O4S2. The lowest BCUT2D eigenvalue weighted by Gasteiger charge is -2.29. The van der Waals surface area contributed by atoms with Crippen LogP contribution >= 0.6 is 36.0 Å². The van der Waals surface area contributed by atoms with E-state index in [4.69, 9.17) is 47.9 Å². The van der Waals surface area contributed by atoms with Gasteiger partial charge in [-0.25, -0.2) is 32.5 Å². The number of hydrogen-bond acceptors (Lipinski definition) is 11. The second-order valence-corrected chi connectivity index (χ2v) is 16.6. The largest absolute Gasteiger partial charge is 0.360 e. The number of fused-ring (bicyclic) bond motifs is 2. The molecule has 0 bridgehead atoms. The fourth-order valence-electron chi connectivity index (χ4n) is 7.24. The topological polar surface area (TPSA) is 170 Å². The van der Waals surface area contributed by atoms with Gasteiger partial charge in [0.1, 0.15) is 29.0 Å². The molecule has 0 aliphatic carbocycles. The highest BCUT2D eigenvalue weighted by Gasteiger charge is 2.52. The molecule has 16 nitrogen and oxygen atoms in total. The summed E-state index contributed by atoms with van der Waals surface area (Å²) < 4.78 is 57.7. The Morgan fingerprint density at radius 3 is 1.74 bits per heavy atom. The van der Waals surface area contributed by atoms with E-state index in [0.29, 0.717) is 29.4 Å². The van der Waals surface area contributed by atoms with Gasteiger partial charge in [-0.05, 0) is 83.2 Å². The Hall–Kier alpha value is -7.27. The minimum absolute atomic E-state index is 0.00859. The molecule has 0 unspecified atom stereocenters. The van der Waals surface area contributed by atoms with E-state index in [1.54, 1.807) is 40.7 Å². The van der Waals surface area contributed by atoms with Crippen molar-refractivity contribution in [3.05, 3.63) is 133 Å². The molecule has 2 saturated heterocycles. The van der Waals surface area contributed by atoms with E-state index >= 15 is 0 Å². The SMILES string of the molecule is CCc1cc(=O)n2cc(N3C(=S)N(c4cnc(C#N)c(Cl)c4)C(=O)C3(C)C)cc(F)c2n1.[C-]#[N+]c1ncc(N2C(=O)C(C)(C)N(c3cc(F)c4nc(C(F)F)cc(=O)n4c3)C2=S)cc1C. The fourth-order valence-corrected chi connectivity index (χ4v) is 8.48. The number of halogens is 5. The molecule has 2 amide bonds. The van der Waals surface area contributed by atoms with E-state index in [9.17, 15) is 36.7 Å². The van der Waals surface area contributed by atoms with Crippen LogP contribution in [0.4, 0.5) is 46.1 Å². The summed E-state index contributed by atoms with van der Waals surface area (Å²) in [5.41, 5.74) is -3.46. The number of pyridine rings is 4. The van der Waals surface area contributed by atoms with Gasteiger partial charge in [0.2, 0.25) is 0 Å². The van der Waals surface area contributed by atoms with Crippen LogP contribution in [-0.2, 0) is 16.0 Å². The first-order valence-corrected chi connectivity index (χ1v) is 20.3. The maximum atomic E-state index is 15.0. The number of hydrogen-bond donors (Lipinski definition) is 0. The van der Waals surface area contributed by atoms with Crippen molar-refractivity contribution in [2.75, 3.05) is 19.6 Å². The van der Waals surface area contributed by atoms with Crippen molar-refractivity contribution < 1.29 is 27.2 Å². The Balaban J connectivity index is 0.000000194. The number of anilines is 4. The van der Waals surface area contributed by atoms with Crippen molar-refractivity contribution in [3.8, 4) is 6.07 Å². The van der Waals surface area contributed by atoms with Crippen LogP contribution < -0.4 is 30.7 Å². The van der Waals surface area contributed by atoms with Gasteiger partial charge in [0.25, 0.3) is 35.2 Å². The first kappa shape index (κ1) is 45.7. The summed E-state index contributed by atoms with van der Waals surface area (Å²) in [6, 6.07) is 8.99. The lowest BCUT2D eigenvalue weighted by Crippen LogP contribution is -2.44. The van der Waals surface area contributed by atoms with E-state index in [2.05, 4.69) is 24.8 Å². The summed E-state index contributed by atoms with van der Waals surface area (Å²) in [6.07, 6.45) is 2.70. The molecule has 2 aliphatic heterocycles. The lowest BCUT2D eigenvalue weighted by atomic mass is 10.0. The summed E-state index contributed by atoms with van der Waals surface area (Å²) in [5.74, 6) is -2.42. The normalized spacial score (nSPS) is 15.5. The van der Waals surface area contributed by atoms with Crippen LogP contribution in [0.3, 0.4) is 0 Å². The Morgan fingerprint density at radius 2 is 1.28 bits per heavy atom. The number of nitriles is 1. The molecule has 330 valence electrons. The number of rotatable bonds is 6. The smallest absolute Gasteiger partial charge is 0.280 e. The van der Waals surface area contributed by atoms with Crippen molar-refractivity contribution in [1.29, 1.82) is 5.26 Å². The predicted molar refractivity (Wildman–Crippen MR) is 240 cm³/mol. The van der Waals surface area contributed by atoms with Gasteiger partial charge in [0, 0.05) is 42.4 Å². The molecule has 0 aromatic carbocycles. The van der Waals surface area contributed by atoms with E-state index in [-0.39, 0.29) is 49.5 Å². The third kappa shape index (κ3) is 7.68. The van der Waals surface area contributed by atoms with E-state index in [0.717, 1.165) is 14.9 Å². The number of carbonyl (C=O) groups is 2. The minimum Gasteiger partial charge on any atom is -0.360 e. The van der Waals surface area contributed by atoms with Gasteiger partial charge in [-0.15, -0.1) is 4.98 Å². The second-order valence-electron chi connectivity index (χ2n) is 15.5. The molecular weight excluding hydrogens is 912 g/mol. The van der Waals surface area contributed by atoms with Crippen LogP contribution in [0.25, 0.3) is 16.1 Å². The maximum absolute atomic E-state index is 15.0. The highest BCUT2D eigenvalue weighted by Crippen LogP contribution is 2.39. The molecule has 2 fully saturated rings. The molecule has 0 spiro atoms. The quantitative estimate of drug-likeness (QED) is 0.0937. The van der Waals surface area contributed by atoms with E-state index < -0.39 is 63.4 Å². The number of amides is 2. The molecule has 0 atom stereocenters. The van der Waals surface area contributed by atoms with Crippen molar-refractivity contribution in [3.63, 3.8) is 0 Å². The second kappa shape index (κ2) is 16.7. The number of aryl methyl sites for hydroxylation is 2. The van der Waals surface area contributed by atoms with Crippen molar-refractivity contribution in [2.45, 2.75) is 65.5 Å². The molecule has 8 heterocycles. The summed E-state index contributed by atoms with van der Waals surface area (Å²) in [4.78, 5) is 75.8. The molecule has 65 heavy (non-hydrogen) atoms. The monoisotopic (exact) mass is 942 g/mol. The average molecular weight is 943 g/mol.